The molecule has 0 saturated carbocycles. The van der Waals surface area contributed by atoms with Gasteiger partial charge in [0.05, 0.1) is 0 Å². The molecule has 0 saturated heterocycles. The van der Waals surface area contributed by atoms with Crippen molar-refractivity contribution in [1.82, 2.24) is 0 Å². The molecule has 0 radical (unpaired) electrons. The molecule has 0 amide bonds. The Kier molecular flexibility index (Phi) is 3.68. The van der Waals surface area contributed by atoms with Crippen LogP contribution in [-0.2, 0) is 9.53 Å². The van der Waals surface area contributed by atoms with Crippen LogP contribution in [0.5, 0.6) is 0 Å². The zero-order valence-corrected chi connectivity index (χ0v) is 5.27. The highest BCUT2D eigenvalue weighted by Gasteiger charge is 2.16. The van der Waals surface area contributed by atoms with Crippen LogP contribution in [0.2, 0.25) is 0 Å². The normalized spacial score (nSPS) is 13.5. The summed E-state index contributed by atoms with van der Waals surface area (Å²) in [6, 6.07) is 0. The summed E-state index contributed by atoms with van der Waals surface area (Å²) in [5, 5.41) is -1.47. The van der Waals surface area contributed by atoms with E-state index < -0.39 is 11.4 Å². The minimum Gasteiger partial charge on any atom is -0.447 e. The Morgan fingerprint density at radius 3 is 2.25 bits per heavy atom. The van der Waals surface area contributed by atoms with Crippen LogP contribution in [-0.4, -0.2) is 17.9 Å². The van der Waals surface area contributed by atoms with E-state index in [4.69, 9.17) is 0 Å². The molecule has 0 N–H and O–H groups in total. The van der Waals surface area contributed by atoms with Crippen molar-refractivity contribution in [2.75, 3.05) is 0 Å². The van der Waals surface area contributed by atoms with Crippen molar-refractivity contribution in [1.29, 1.82) is 0 Å². The molecule has 0 heterocycles. The molecular formula is C3H3BrF2O2. The van der Waals surface area contributed by atoms with Crippen LogP contribution in [0.3, 0.4) is 0 Å². The number of hydrogen-bond acceptors (Lipinski definition) is 2. The van der Waals surface area contributed by atoms with E-state index in [2.05, 4.69) is 20.7 Å². The van der Waals surface area contributed by atoms with Gasteiger partial charge in [0.2, 0.25) is 5.01 Å². The van der Waals surface area contributed by atoms with Crippen molar-refractivity contribution >= 4 is 22.4 Å². The lowest BCUT2D eigenvalue weighted by atomic mass is 10.8. The molecule has 1 unspecified atom stereocenters. The minimum absolute atomic E-state index is 0.0361. The number of carbonyl (C=O) groups is 1. The quantitative estimate of drug-likeness (QED) is 0.491. The van der Waals surface area contributed by atoms with E-state index in [0.29, 0.717) is 0 Å². The highest BCUT2D eigenvalue weighted by Crippen LogP contribution is 2.10. The SMILES string of the molecule is O=COC(Br)C(F)F. The molecule has 1 atom stereocenters. The van der Waals surface area contributed by atoms with Gasteiger partial charge < -0.3 is 4.74 Å². The molecule has 0 aromatic rings. The average molecular weight is 189 g/mol. The van der Waals surface area contributed by atoms with Gasteiger partial charge >= 0.3 is 0 Å². The Labute approximate surface area is 52.9 Å². The third-order valence-corrected chi connectivity index (χ3v) is 0.999. The first kappa shape index (κ1) is 7.81. The van der Waals surface area contributed by atoms with Gasteiger partial charge in [0.1, 0.15) is 0 Å². The molecule has 0 aliphatic heterocycles. The molecule has 0 aliphatic carbocycles. The number of rotatable bonds is 3. The summed E-state index contributed by atoms with van der Waals surface area (Å²) in [5.41, 5.74) is 0. The molecular weight excluding hydrogens is 186 g/mol. The topological polar surface area (TPSA) is 26.3 Å². The van der Waals surface area contributed by atoms with Gasteiger partial charge in [0, 0.05) is 0 Å². The van der Waals surface area contributed by atoms with Crippen molar-refractivity contribution in [3.8, 4) is 0 Å². The second-order valence-corrected chi connectivity index (χ2v) is 1.82. The van der Waals surface area contributed by atoms with Crippen LogP contribution in [0, 0.1) is 0 Å². The standard InChI is InChI=1S/C3H3BrF2O2/c4-2(3(5)6)8-1-7/h1-3H. The van der Waals surface area contributed by atoms with Gasteiger partial charge in [-0.1, -0.05) is 0 Å². The summed E-state index contributed by atoms with van der Waals surface area (Å²) < 4.78 is 26.4. The van der Waals surface area contributed by atoms with Gasteiger partial charge in [-0.25, -0.2) is 8.78 Å². The van der Waals surface area contributed by atoms with Gasteiger partial charge in [-0.3, -0.25) is 4.79 Å². The molecule has 5 heteroatoms. The molecule has 0 rings (SSSR count). The molecule has 0 aromatic carbocycles. The van der Waals surface area contributed by atoms with E-state index in [1.165, 1.54) is 0 Å². The summed E-state index contributed by atoms with van der Waals surface area (Å²) in [6.45, 7) is -0.0361. The van der Waals surface area contributed by atoms with Gasteiger partial charge in [0.15, 0.2) is 0 Å². The fraction of sp³-hybridized carbons (Fsp3) is 0.667. The van der Waals surface area contributed by atoms with E-state index >= 15 is 0 Å². The summed E-state index contributed by atoms with van der Waals surface area (Å²) in [6.07, 6.45) is -2.67. The minimum atomic E-state index is -2.67. The van der Waals surface area contributed by atoms with E-state index in [-0.39, 0.29) is 6.47 Å². The maximum atomic E-state index is 11.3. The van der Waals surface area contributed by atoms with Crippen molar-refractivity contribution in [3.63, 3.8) is 0 Å². The van der Waals surface area contributed by atoms with Crippen LogP contribution in [0.15, 0.2) is 0 Å². The van der Waals surface area contributed by atoms with Crippen LogP contribution >= 0.6 is 15.9 Å². The van der Waals surface area contributed by atoms with Crippen LogP contribution in [0.25, 0.3) is 0 Å². The predicted octanol–water partition coefficient (Wildman–Crippen LogP) is 1.15. The first-order valence-corrected chi connectivity index (χ1v) is 2.61. The van der Waals surface area contributed by atoms with Gasteiger partial charge in [-0.05, 0) is 15.9 Å². The molecule has 48 valence electrons. The highest BCUT2D eigenvalue weighted by molar-refractivity contribution is 9.09. The predicted molar refractivity (Wildman–Crippen MR) is 25.9 cm³/mol. The lowest BCUT2D eigenvalue weighted by molar-refractivity contribution is -0.134. The zero-order valence-electron chi connectivity index (χ0n) is 3.68. The Bertz CT molecular complexity index is 77.7. The van der Waals surface area contributed by atoms with Crippen LogP contribution < -0.4 is 0 Å². The average Bonchev–Trinajstić information content (AvgIpc) is 1.67. The second kappa shape index (κ2) is 3.77. The highest BCUT2D eigenvalue weighted by atomic mass is 79.9. The van der Waals surface area contributed by atoms with Gasteiger partial charge in [0.25, 0.3) is 12.9 Å². The number of halogens is 3. The Morgan fingerprint density at radius 1 is 1.62 bits per heavy atom. The fourth-order valence-corrected chi connectivity index (χ4v) is 0.201. The first-order chi connectivity index (χ1) is 3.68. The summed E-state index contributed by atoms with van der Waals surface area (Å²) in [7, 11) is 0. The molecule has 0 fully saturated rings. The Morgan fingerprint density at radius 2 is 2.12 bits per heavy atom. The lowest BCUT2D eigenvalue weighted by Crippen LogP contribution is -2.12. The summed E-state index contributed by atoms with van der Waals surface area (Å²) in [5.74, 6) is 0. The van der Waals surface area contributed by atoms with Crippen molar-refractivity contribution in [3.05, 3.63) is 0 Å². The van der Waals surface area contributed by atoms with Gasteiger partial charge in [-0.15, -0.1) is 0 Å². The number of carbonyl (C=O) groups excluding carboxylic acids is 1. The van der Waals surface area contributed by atoms with Crippen molar-refractivity contribution in [2.45, 2.75) is 11.4 Å². The maximum Gasteiger partial charge on any atom is 0.294 e. The Balaban J connectivity index is 3.30. The molecule has 2 nitrogen and oxygen atoms in total. The van der Waals surface area contributed by atoms with Crippen molar-refractivity contribution in [2.24, 2.45) is 0 Å². The molecule has 0 spiro atoms. The maximum absolute atomic E-state index is 11.3. The Hall–Kier alpha value is -0.190. The fourth-order valence-electron chi connectivity index (χ4n) is 0.112. The van der Waals surface area contributed by atoms with E-state index in [0.717, 1.165) is 0 Å². The van der Waals surface area contributed by atoms with E-state index in [1.807, 2.05) is 0 Å². The summed E-state index contributed by atoms with van der Waals surface area (Å²) >= 11 is 2.40. The first-order valence-electron chi connectivity index (χ1n) is 1.70. The van der Waals surface area contributed by atoms with Crippen LogP contribution in [0.1, 0.15) is 0 Å². The summed E-state index contributed by atoms with van der Waals surface area (Å²) in [4.78, 5) is 9.33. The third kappa shape index (κ3) is 2.90. The molecule has 0 aliphatic rings. The smallest absolute Gasteiger partial charge is 0.294 e. The number of hydrogen-bond donors (Lipinski definition) is 0. The monoisotopic (exact) mass is 188 g/mol. The van der Waals surface area contributed by atoms with Gasteiger partial charge in [-0.2, -0.15) is 0 Å². The van der Waals surface area contributed by atoms with Crippen LogP contribution in [0.4, 0.5) is 8.78 Å². The lowest BCUT2D eigenvalue weighted by Gasteiger charge is -2.03. The number of alkyl halides is 3. The van der Waals surface area contributed by atoms with E-state index in [9.17, 15) is 13.6 Å². The van der Waals surface area contributed by atoms with E-state index in [1.54, 1.807) is 0 Å². The third-order valence-electron chi connectivity index (χ3n) is 0.384. The molecule has 0 bridgehead atoms. The second-order valence-electron chi connectivity index (χ2n) is 0.918. The molecule has 8 heavy (non-hydrogen) atoms. The largest absolute Gasteiger partial charge is 0.447 e. The number of ether oxygens (including phenoxy) is 1. The molecule has 0 aromatic heterocycles. The zero-order chi connectivity index (χ0) is 6.57. The van der Waals surface area contributed by atoms with Crippen molar-refractivity contribution < 1.29 is 18.3 Å².